The van der Waals surface area contributed by atoms with E-state index in [1.54, 1.807) is 0 Å². The van der Waals surface area contributed by atoms with Crippen LogP contribution in [-0.2, 0) is 30.0 Å². The molecular weight excluding hydrogens is 210 g/mol. The standard InChI is InChI=1S/2C3H5O.Pd/c2*1-3(2)4;/h2*1H2,2H3;/q2*-1;+2. The normalized spacial score (nSPS) is 5.56. The molecule has 9 heavy (non-hydrogen) atoms. The first-order valence-corrected chi connectivity index (χ1v) is 2.12. The van der Waals surface area contributed by atoms with Gasteiger partial charge in [-0.05, 0) is 25.4 Å². The van der Waals surface area contributed by atoms with Crippen molar-refractivity contribution in [1.29, 1.82) is 0 Å². The van der Waals surface area contributed by atoms with Crippen LogP contribution in [0, 0.1) is 13.8 Å². The summed E-state index contributed by atoms with van der Waals surface area (Å²) >= 11 is 0. The molecule has 0 heterocycles. The van der Waals surface area contributed by atoms with E-state index in [-0.39, 0.29) is 32.0 Å². The first-order chi connectivity index (χ1) is 3.46. The van der Waals surface area contributed by atoms with Gasteiger partial charge in [0.2, 0.25) is 0 Å². The second kappa shape index (κ2) is 10.7. The van der Waals surface area contributed by atoms with E-state index in [1.807, 2.05) is 0 Å². The van der Waals surface area contributed by atoms with E-state index in [4.69, 9.17) is 0 Å². The molecular formula is C6H10O2Pd. The third kappa shape index (κ3) is 3850. The molecule has 0 saturated heterocycles. The Bertz CT molecular complexity index is 69.1. The minimum atomic E-state index is -0.0833. The van der Waals surface area contributed by atoms with Crippen molar-refractivity contribution in [3.05, 3.63) is 13.8 Å². The zero-order valence-corrected chi connectivity index (χ0v) is 7.10. The molecule has 0 saturated carbocycles. The number of carbonyl (C=O) groups is 2. The van der Waals surface area contributed by atoms with Crippen molar-refractivity contribution in [1.82, 2.24) is 0 Å². The number of hydrogen-bond acceptors (Lipinski definition) is 2. The molecule has 0 aromatic heterocycles. The van der Waals surface area contributed by atoms with Crippen molar-refractivity contribution in [3.63, 3.8) is 0 Å². The molecule has 0 spiro atoms. The van der Waals surface area contributed by atoms with E-state index in [0.29, 0.717) is 0 Å². The van der Waals surface area contributed by atoms with Crippen LogP contribution in [0.25, 0.3) is 0 Å². The third-order valence-electron chi connectivity index (χ3n) is 0. The average molecular weight is 221 g/mol. The number of carbonyl (C=O) groups excluding carboxylic acids is 2. The molecule has 56 valence electrons. The number of hydrogen-bond donors (Lipinski definition) is 0. The fraction of sp³-hybridized carbons (Fsp3) is 0.333. The summed E-state index contributed by atoms with van der Waals surface area (Å²) < 4.78 is 0. The predicted octanol–water partition coefficient (Wildman–Crippen LogP) is 0.816. The van der Waals surface area contributed by atoms with Crippen molar-refractivity contribution in [2.75, 3.05) is 0 Å². The largest absolute Gasteiger partial charge is 2.00 e. The quantitative estimate of drug-likeness (QED) is 0.447. The van der Waals surface area contributed by atoms with Crippen LogP contribution in [0.1, 0.15) is 13.8 Å². The summed E-state index contributed by atoms with van der Waals surface area (Å²) in [5, 5.41) is 0. The molecule has 0 bridgehead atoms. The van der Waals surface area contributed by atoms with Gasteiger partial charge in [0.25, 0.3) is 0 Å². The fourth-order valence-electron chi connectivity index (χ4n) is 0. The monoisotopic (exact) mass is 220 g/mol. The first-order valence-electron chi connectivity index (χ1n) is 2.12. The van der Waals surface area contributed by atoms with Gasteiger partial charge in [-0.1, -0.05) is 0 Å². The van der Waals surface area contributed by atoms with Gasteiger partial charge in [0.05, 0.1) is 0 Å². The van der Waals surface area contributed by atoms with Gasteiger partial charge in [0, 0.05) is 0 Å². The summed E-state index contributed by atoms with van der Waals surface area (Å²) in [6.45, 7) is 8.83. The Hall–Kier alpha value is -0.258. The fourth-order valence-corrected chi connectivity index (χ4v) is 0. The van der Waals surface area contributed by atoms with Gasteiger partial charge >= 0.3 is 20.4 Å². The topological polar surface area (TPSA) is 34.1 Å². The van der Waals surface area contributed by atoms with Crippen molar-refractivity contribution >= 4 is 11.6 Å². The Labute approximate surface area is 69.7 Å². The molecule has 0 aromatic rings. The van der Waals surface area contributed by atoms with Crippen LogP contribution in [-0.4, -0.2) is 11.6 Å². The Kier molecular flexibility index (Phi) is 18.8. The molecule has 0 aliphatic heterocycles. The average Bonchev–Trinajstić information content (AvgIpc) is 1.25. The summed E-state index contributed by atoms with van der Waals surface area (Å²) in [5.41, 5.74) is 0. The van der Waals surface area contributed by atoms with E-state index in [1.165, 1.54) is 13.8 Å². The van der Waals surface area contributed by atoms with Crippen LogP contribution < -0.4 is 0 Å². The van der Waals surface area contributed by atoms with Crippen LogP contribution in [0.2, 0.25) is 0 Å². The molecule has 3 heteroatoms. The van der Waals surface area contributed by atoms with Crippen LogP contribution in [0.15, 0.2) is 0 Å². The zero-order valence-electron chi connectivity index (χ0n) is 5.55. The van der Waals surface area contributed by atoms with Gasteiger partial charge < -0.3 is 23.4 Å². The van der Waals surface area contributed by atoms with Crippen molar-refractivity contribution in [2.45, 2.75) is 13.8 Å². The minimum absolute atomic E-state index is 0. The van der Waals surface area contributed by atoms with E-state index in [2.05, 4.69) is 13.8 Å². The van der Waals surface area contributed by atoms with Crippen molar-refractivity contribution < 1.29 is 30.0 Å². The number of ketones is 2. The van der Waals surface area contributed by atoms with Crippen molar-refractivity contribution in [2.24, 2.45) is 0 Å². The summed E-state index contributed by atoms with van der Waals surface area (Å²) in [6.07, 6.45) is 0. The summed E-state index contributed by atoms with van der Waals surface area (Å²) in [4.78, 5) is 18.7. The molecule has 0 amide bonds. The molecule has 0 rings (SSSR count). The molecule has 0 radical (unpaired) electrons. The molecule has 2 nitrogen and oxygen atoms in total. The Morgan fingerprint density at radius 2 is 1.00 bits per heavy atom. The second-order valence-corrected chi connectivity index (χ2v) is 1.40. The molecule has 0 atom stereocenters. The van der Waals surface area contributed by atoms with Gasteiger partial charge in [0.15, 0.2) is 0 Å². The molecule has 0 aromatic carbocycles. The van der Waals surface area contributed by atoms with Gasteiger partial charge in [-0.3, -0.25) is 0 Å². The Morgan fingerprint density at radius 3 is 1.00 bits per heavy atom. The smallest absolute Gasteiger partial charge is 0.340 e. The SMILES string of the molecule is [CH2-]C(C)=O.[CH2-]C(C)=O.[Pd+2]. The number of Topliss-reactive ketones (excluding diaryl/α,β-unsaturated/α-hetero) is 2. The van der Waals surface area contributed by atoms with Gasteiger partial charge in [-0.2, -0.15) is 0 Å². The Morgan fingerprint density at radius 1 is 1.00 bits per heavy atom. The summed E-state index contributed by atoms with van der Waals surface area (Å²) in [7, 11) is 0. The van der Waals surface area contributed by atoms with E-state index < -0.39 is 0 Å². The molecule has 0 N–H and O–H groups in total. The first kappa shape index (κ1) is 15.9. The van der Waals surface area contributed by atoms with E-state index in [9.17, 15) is 9.59 Å². The van der Waals surface area contributed by atoms with Gasteiger partial charge in [-0.25, -0.2) is 0 Å². The van der Waals surface area contributed by atoms with E-state index >= 15 is 0 Å². The zero-order chi connectivity index (χ0) is 7.15. The summed E-state index contributed by atoms with van der Waals surface area (Å²) in [5.74, 6) is -0.167. The van der Waals surface area contributed by atoms with Crippen LogP contribution >= 0.6 is 0 Å². The number of rotatable bonds is 0. The predicted molar refractivity (Wildman–Crippen MR) is 32.1 cm³/mol. The minimum Gasteiger partial charge on any atom is -0.340 e. The Balaban J connectivity index is -0.0000000720. The summed E-state index contributed by atoms with van der Waals surface area (Å²) in [6, 6.07) is 0. The second-order valence-electron chi connectivity index (χ2n) is 1.40. The maximum absolute atomic E-state index is 9.33. The molecule has 0 aliphatic carbocycles. The van der Waals surface area contributed by atoms with Crippen molar-refractivity contribution in [3.8, 4) is 0 Å². The maximum atomic E-state index is 9.33. The van der Waals surface area contributed by atoms with Crippen LogP contribution in [0.5, 0.6) is 0 Å². The van der Waals surface area contributed by atoms with E-state index in [0.717, 1.165) is 0 Å². The molecule has 0 fully saturated rings. The maximum Gasteiger partial charge on any atom is 2.00 e. The van der Waals surface area contributed by atoms with Gasteiger partial charge in [-0.15, -0.1) is 0 Å². The molecule has 0 aliphatic rings. The van der Waals surface area contributed by atoms with Gasteiger partial charge in [0.1, 0.15) is 0 Å². The third-order valence-corrected chi connectivity index (χ3v) is 0. The van der Waals surface area contributed by atoms with Crippen LogP contribution in [0.3, 0.4) is 0 Å². The van der Waals surface area contributed by atoms with Crippen LogP contribution in [0.4, 0.5) is 0 Å². The molecule has 0 unspecified atom stereocenters.